The summed E-state index contributed by atoms with van der Waals surface area (Å²) in [7, 11) is 0. The molecule has 1 N–H and O–H groups in total. The largest absolute Gasteiger partial charge is 0.382 e. The summed E-state index contributed by atoms with van der Waals surface area (Å²) in [5.41, 5.74) is 1.04. The average Bonchev–Trinajstić information content (AvgIpc) is 2.72. The van der Waals surface area contributed by atoms with Crippen molar-refractivity contribution in [3.63, 3.8) is 0 Å². The number of anilines is 1. The van der Waals surface area contributed by atoms with Gasteiger partial charge in [-0.05, 0) is 23.7 Å². The standard InChI is InChI=1S/C14H22ClN3O/c1-6-18-12(19)11(15)9(7-17-18)16-8-10-13(2,3)14(10,4)5/h7,10,16H,6,8H2,1-5H3. The Balaban J connectivity index is 2.10. The van der Waals surface area contributed by atoms with Crippen molar-refractivity contribution in [2.75, 3.05) is 11.9 Å². The van der Waals surface area contributed by atoms with Gasteiger partial charge in [-0.2, -0.15) is 5.10 Å². The zero-order valence-corrected chi connectivity index (χ0v) is 13.0. The summed E-state index contributed by atoms with van der Waals surface area (Å²) in [4.78, 5) is 11.9. The fourth-order valence-corrected chi connectivity index (χ4v) is 3.08. The van der Waals surface area contributed by atoms with E-state index in [0.29, 0.717) is 29.0 Å². The molecule has 19 heavy (non-hydrogen) atoms. The molecule has 2 rings (SSSR count). The van der Waals surface area contributed by atoms with Gasteiger partial charge in [0.15, 0.2) is 0 Å². The van der Waals surface area contributed by atoms with E-state index in [2.05, 4.69) is 38.1 Å². The van der Waals surface area contributed by atoms with Crippen LogP contribution in [0.5, 0.6) is 0 Å². The SMILES string of the molecule is CCn1ncc(NCC2C(C)(C)C2(C)C)c(Cl)c1=O. The molecular formula is C14H22ClN3O. The van der Waals surface area contributed by atoms with Crippen LogP contribution in [0.2, 0.25) is 5.02 Å². The average molecular weight is 284 g/mol. The summed E-state index contributed by atoms with van der Waals surface area (Å²) in [6.45, 7) is 12.3. The molecule has 1 fully saturated rings. The van der Waals surface area contributed by atoms with Crippen LogP contribution < -0.4 is 10.9 Å². The highest BCUT2D eigenvalue weighted by Gasteiger charge is 2.64. The number of aryl methyl sites for hydroxylation is 1. The molecule has 1 aliphatic rings. The summed E-state index contributed by atoms with van der Waals surface area (Å²) in [6, 6.07) is 0. The summed E-state index contributed by atoms with van der Waals surface area (Å²) < 4.78 is 1.36. The number of nitrogens with one attached hydrogen (secondary N) is 1. The number of hydrogen-bond acceptors (Lipinski definition) is 3. The summed E-state index contributed by atoms with van der Waals surface area (Å²) in [6.07, 6.45) is 1.63. The predicted octanol–water partition coefficient (Wildman–Crippen LogP) is 3.01. The van der Waals surface area contributed by atoms with Gasteiger partial charge in [-0.3, -0.25) is 4.79 Å². The molecule has 106 valence electrons. The number of nitrogens with zero attached hydrogens (tertiary/aromatic N) is 2. The van der Waals surface area contributed by atoms with Crippen LogP contribution in [0.15, 0.2) is 11.0 Å². The molecule has 0 spiro atoms. The number of rotatable bonds is 4. The van der Waals surface area contributed by atoms with Crippen LogP contribution >= 0.6 is 11.6 Å². The third-order valence-corrected chi connectivity index (χ3v) is 5.47. The Kier molecular flexibility index (Phi) is 3.42. The molecule has 0 radical (unpaired) electrons. The van der Waals surface area contributed by atoms with Gasteiger partial charge in [-0.15, -0.1) is 0 Å². The van der Waals surface area contributed by atoms with E-state index >= 15 is 0 Å². The number of halogens is 1. The Bertz CT molecular complexity index is 534. The van der Waals surface area contributed by atoms with E-state index in [9.17, 15) is 4.79 Å². The maximum absolute atomic E-state index is 11.9. The Labute approximate surface area is 119 Å². The van der Waals surface area contributed by atoms with Crippen molar-refractivity contribution in [3.8, 4) is 0 Å². The second-order valence-corrected chi connectivity index (χ2v) is 6.75. The van der Waals surface area contributed by atoms with Crippen LogP contribution in [-0.2, 0) is 6.54 Å². The molecule has 1 aromatic rings. The minimum Gasteiger partial charge on any atom is -0.382 e. The van der Waals surface area contributed by atoms with Gasteiger partial charge < -0.3 is 5.32 Å². The topological polar surface area (TPSA) is 46.9 Å². The molecule has 0 aliphatic heterocycles. The van der Waals surface area contributed by atoms with Crippen LogP contribution in [0.4, 0.5) is 5.69 Å². The monoisotopic (exact) mass is 283 g/mol. The van der Waals surface area contributed by atoms with Gasteiger partial charge in [0.25, 0.3) is 5.56 Å². The molecule has 0 unspecified atom stereocenters. The van der Waals surface area contributed by atoms with Crippen molar-refractivity contribution in [1.82, 2.24) is 9.78 Å². The van der Waals surface area contributed by atoms with Crippen molar-refractivity contribution in [2.24, 2.45) is 16.7 Å². The van der Waals surface area contributed by atoms with Gasteiger partial charge in [-0.1, -0.05) is 39.3 Å². The fraction of sp³-hybridized carbons (Fsp3) is 0.714. The maximum atomic E-state index is 11.9. The van der Waals surface area contributed by atoms with Gasteiger partial charge in [0, 0.05) is 13.1 Å². The molecule has 0 bridgehead atoms. The second-order valence-electron chi connectivity index (χ2n) is 6.37. The van der Waals surface area contributed by atoms with Crippen LogP contribution in [0, 0.1) is 16.7 Å². The lowest BCUT2D eigenvalue weighted by molar-refractivity contribution is 0.457. The molecule has 0 amide bonds. The summed E-state index contributed by atoms with van der Waals surface area (Å²) >= 11 is 6.09. The summed E-state index contributed by atoms with van der Waals surface area (Å²) in [5.74, 6) is 0.574. The van der Waals surface area contributed by atoms with Crippen molar-refractivity contribution in [1.29, 1.82) is 0 Å². The second kappa shape index (κ2) is 4.51. The van der Waals surface area contributed by atoms with E-state index in [1.165, 1.54) is 4.68 Å². The van der Waals surface area contributed by atoms with Gasteiger partial charge >= 0.3 is 0 Å². The Morgan fingerprint density at radius 2 is 1.95 bits per heavy atom. The minimum atomic E-state index is -0.233. The fourth-order valence-electron chi connectivity index (χ4n) is 2.87. The Morgan fingerprint density at radius 3 is 2.42 bits per heavy atom. The van der Waals surface area contributed by atoms with Gasteiger partial charge in [0.2, 0.25) is 0 Å². The first-order valence-electron chi connectivity index (χ1n) is 6.73. The van der Waals surface area contributed by atoms with Crippen LogP contribution in [0.25, 0.3) is 0 Å². The van der Waals surface area contributed by atoms with Crippen LogP contribution in [0.1, 0.15) is 34.6 Å². The molecule has 5 heteroatoms. The third kappa shape index (κ3) is 2.16. The molecule has 1 heterocycles. The lowest BCUT2D eigenvalue weighted by atomic mass is 10.0. The first-order chi connectivity index (χ1) is 8.73. The third-order valence-electron chi connectivity index (χ3n) is 5.10. The maximum Gasteiger partial charge on any atom is 0.287 e. The Hall–Kier alpha value is -1.03. The van der Waals surface area contributed by atoms with Crippen molar-refractivity contribution < 1.29 is 0 Å². The quantitative estimate of drug-likeness (QED) is 0.924. The Morgan fingerprint density at radius 1 is 1.37 bits per heavy atom. The molecule has 0 aromatic carbocycles. The smallest absolute Gasteiger partial charge is 0.287 e. The first-order valence-corrected chi connectivity index (χ1v) is 7.10. The number of aromatic nitrogens is 2. The van der Waals surface area contributed by atoms with Gasteiger partial charge in [0.05, 0.1) is 11.9 Å². The highest BCUT2D eigenvalue weighted by molar-refractivity contribution is 6.32. The van der Waals surface area contributed by atoms with E-state index in [4.69, 9.17) is 11.6 Å². The summed E-state index contributed by atoms with van der Waals surface area (Å²) in [5, 5.41) is 7.59. The van der Waals surface area contributed by atoms with Gasteiger partial charge in [-0.25, -0.2) is 4.68 Å². The van der Waals surface area contributed by atoms with E-state index in [1.54, 1.807) is 6.20 Å². The molecule has 1 saturated carbocycles. The first kappa shape index (κ1) is 14.4. The molecule has 0 saturated heterocycles. The van der Waals surface area contributed by atoms with E-state index in [0.717, 1.165) is 6.54 Å². The lowest BCUT2D eigenvalue weighted by Crippen LogP contribution is -2.23. The zero-order valence-electron chi connectivity index (χ0n) is 12.2. The van der Waals surface area contributed by atoms with Crippen molar-refractivity contribution >= 4 is 17.3 Å². The van der Waals surface area contributed by atoms with Gasteiger partial charge in [0.1, 0.15) is 5.02 Å². The molecule has 4 nitrogen and oxygen atoms in total. The minimum absolute atomic E-state index is 0.230. The molecule has 1 aliphatic carbocycles. The van der Waals surface area contributed by atoms with Crippen LogP contribution in [-0.4, -0.2) is 16.3 Å². The molecule has 0 atom stereocenters. The van der Waals surface area contributed by atoms with E-state index < -0.39 is 0 Å². The van der Waals surface area contributed by atoms with Crippen molar-refractivity contribution in [3.05, 3.63) is 21.6 Å². The van der Waals surface area contributed by atoms with Crippen LogP contribution in [0.3, 0.4) is 0 Å². The van der Waals surface area contributed by atoms with E-state index in [-0.39, 0.29) is 10.6 Å². The number of hydrogen-bond donors (Lipinski definition) is 1. The molecular weight excluding hydrogens is 262 g/mol. The predicted molar refractivity (Wildman–Crippen MR) is 78.7 cm³/mol. The molecule has 1 aromatic heterocycles. The highest BCUT2D eigenvalue weighted by Crippen LogP contribution is 2.68. The van der Waals surface area contributed by atoms with E-state index in [1.807, 2.05) is 6.92 Å². The van der Waals surface area contributed by atoms with Crippen molar-refractivity contribution in [2.45, 2.75) is 41.2 Å². The zero-order chi connectivity index (χ0) is 14.4. The highest BCUT2D eigenvalue weighted by atomic mass is 35.5. The lowest BCUT2D eigenvalue weighted by Gasteiger charge is -2.10. The normalized spacial score (nSPS) is 20.3.